The number of benzene rings is 2. The van der Waals surface area contributed by atoms with E-state index in [9.17, 15) is 0 Å². The number of nitrogens with one attached hydrogen (secondary N) is 1. The minimum atomic E-state index is 0.806. The van der Waals surface area contributed by atoms with Gasteiger partial charge in [0.15, 0.2) is 5.65 Å². The second-order valence-corrected chi connectivity index (χ2v) is 5.74. The monoisotopic (exact) mass is 330 g/mol. The summed E-state index contributed by atoms with van der Waals surface area (Å²) in [5.41, 5.74) is 3.78. The molecule has 0 radical (unpaired) electrons. The molecule has 1 N–H and O–H groups in total. The standard InChI is InChI=1S/C20H18N4O/c1-14-22-23-20-18(21-2)12-15(13-24(14)20)17-10-6-7-11-19(17)25-16-8-4-3-5-9-16/h3-13,21H,1-2H3. The number of para-hydroxylation sites is 2. The Morgan fingerprint density at radius 1 is 0.960 bits per heavy atom. The molecule has 4 rings (SSSR count). The quantitative estimate of drug-likeness (QED) is 0.597. The van der Waals surface area contributed by atoms with Gasteiger partial charge in [-0.1, -0.05) is 36.4 Å². The van der Waals surface area contributed by atoms with Crippen LogP contribution in [0.1, 0.15) is 5.82 Å². The third kappa shape index (κ3) is 2.80. The average molecular weight is 330 g/mol. The van der Waals surface area contributed by atoms with Gasteiger partial charge in [0.25, 0.3) is 0 Å². The van der Waals surface area contributed by atoms with Gasteiger partial charge in [-0.05, 0) is 31.2 Å². The van der Waals surface area contributed by atoms with Gasteiger partial charge in [-0.3, -0.25) is 4.40 Å². The summed E-state index contributed by atoms with van der Waals surface area (Å²) in [6.07, 6.45) is 2.04. The number of hydrogen-bond donors (Lipinski definition) is 1. The van der Waals surface area contributed by atoms with Crippen LogP contribution in [-0.2, 0) is 0 Å². The van der Waals surface area contributed by atoms with Crippen LogP contribution in [-0.4, -0.2) is 21.6 Å². The van der Waals surface area contributed by atoms with Crippen LogP contribution in [0.3, 0.4) is 0 Å². The molecule has 0 unspecified atom stereocenters. The lowest BCUT2D eigenvalue weighted by Gasteiger charge is -2.13. The highest BCUT2D eigenvalue weighted by atomic mass is 16.5. The highest BCUT2D eigenvalue weighted by Crippen LogP contribution is 2.35. The zero-order chi connectivity index (χ0) is 17.2. The van der Waals surface area contributed by atoms with E-state index in [1.165, 1.54) is 0 Å². The fourth-order valence-corrected chi connectivity index (χ4v) is 2.84. The highest BCUT2D eigenvalue weighted by Gasteiger charge is 2.12. The Morgan fingerprint density at radius 3 is 2.52 bits per heavy atom. The second kappa shape index (κ2) is 6.28. The van der Waals surface area contributed by atoms with Gasteiger partial charge < -0.3 is 10.1 Å². The first-order chi connectivity index (χ1) is 12.3. The van der Waals surface area contributed by atoms with Crippen molar-refractivity contribution >= 4 is 11.3 Å². The summed E-state index contributed by atoms with van der Waals surface area (Å²) < 4.78 is 8.09. The van der Waals surface area contributed by atoms with Gasteiger partial charge in [-0.2, -0.15) is 0 Å². The molecule has 0 aliphatic heterocycles. The summed E-state index contributed by atoms with van der Waals surface area (Å²) in [5.74, 6) is 2.46. The molecule has 5 heteroatoms. The van der Waals surface area contributed by atoms with Crippen LogP contribution in [0.4, 0.5) is 5.69 Å². The molecule has 0 aliphatic rings. The molecule has 25 heavy (non-hydrogen) atoms. The lowest BCUT2D eigenvalue weighted by molar-refractivity contribution is 0.484. The summed E-state index contributed by atoms with van der Waals surface area (Å²) in [6, 6.07) is 19.9. The maximum atomic E-state index is 6.10. The minimum absolute atomic E-state index is 0.806. The van der Waals surface area contributed by atoms with E-state index in [1.807, 2.05) is 73.1 Å². The Labute approximate surface area is 145 Å². The number of anilines is 1. The molecule has 0 bridgehead atoms. The molecule has 5 nitrogen and oxygen atoms in total. The zero-order valence-electron chi connectivity index (χ0n) is 14.1. The number of aromatic nitrogens is 3. The van der Waals surface area contributed by atoms with E-state index < -0.39 is 0 Å². The van der Waals surface area contributed by atoms with Crippen molar-refractivity contribution in [2.45, 2.75) is 6.92 Å². The summed E-state index contributed by atoms with van der Waals surface area (Å²) in [5, 5.41) is 11.6. The van der Waals surface area contributed by atoms with E-state index in [-0.39, 0.29) is 0 Å². The van der Waals surface area contributed by atoms with Gasteiger partial charge >= 0.3 is 0 Å². The number of nitrogens with zero attached hydrogens (tertiary/aromatic N) is 3. The molecule has 4 aromatic rings. The van der Waals surface area contributed by atoms with Crippen LogP contribution in [0.15, 0.2) is 66.9 Å². The lowest BCUT2D eigenvalue weighted by atomic mass is 10.1. The largest absolute Gasteiger partial charge is 0.457 e. The first kappa shape index (κ1) is 15.2. The smallest absolute Gasteiger partial charge is 0.184 e. The molecule has 0 saturated carbocycles. The van der Waals surface area contributed by atoms with Crippen LogP contribution < -0.4 is 10.1 Å². The number of hydrogen-bond acceptors (Lipinski definition) is 4. The Morgan fingerprint density at radius 2 is 1.72 bits per heavy atom. The molecule has 124 valence electrons. The highest BCUT2D eigenvalue weighted by molar-refractivity contribution is 5.79. The van der Waals surface area contributed by atoms with Gasteiger partial charge in [-0.15, -0.1) is 10.2 Å². The average Bonchev–Trinajstić information content (AvgIpc) is 3.03. The van der Waals surface area contributed by atoms with E-state index >= 15 is 0 Å². The number of fused-ring (bicyclic) bond motifs is 1. The Kier molecular flexibility index (Phi) is 3.82. The third-order valence-corrected chi connectivity index (χ3v) is 4.11. The van der Waals surface area contributed by atoms with Crippen molar-refractivity contribution in [1.82, 2.24) is 14.6 Å². The molecule has 0 saturated heterocycles. The van der Waals surface area contributed by atoms with Crippen molar-refractivity contribution in [3.05, 3.63) is 72.7 Å². The number of rotatable bonds is 4. The minimum Gasteiger partial charge on any atom is -0.457 e. The molecule has 0 aliphatic carbocycles. The third-order valence-electron chi connectivity index (χ3n) is 4.11. The first-order valence-electron chi connectivity index (χ1n) is 8.11. The van der Waals surface area contributed by atoms with Gasteiger partial charge in [0.05, 0.1) is 5.69 Å². The van der Waals surface area contributed by atoms with Crippen LogP contribution in [0.25, 0.3) is 16.8 Å². The molecule has 0 atom stereocenters. The number of aryl methyl sites for hydroxylation is 1. The van der Waals surface area contributed by atoms with Crippen molar-refractivity contribution in [3.63, 3.8) is 0 Å². The van der Waals surface area contributed by atoms with Crippen LogP contribution in [0.5, 0.6) is 11.5 Å². The summed E-state index contributed by atoms with van der Waals surface area (Å²) in [6.45, 7) is 1.94. The van der Waals surface area contributed by atoms with Crippen molar-refractivity contribution < 1.29 is 4.74 Å². The molecule has 2 heterocycles. The Balaban J connectivity index is 1.85. The Bertz CT molecular complexity index is 1020. The number of pyridine rings is 1. The predicted molar refractivity (Wildman–Crippen MR) is 99.2 cm³/mol. The molecule has 0 fully saturated rings. The van der Waals surface area contributed by atoms with Gasteiger partial charge in [0.2, 0.25) is 0 Å². The van der Waals surface area contributed by atoms with E-state index in [1.54, 1.807) is 0 Å². The molecule has 2 aromatic carbocycles. The van der Waals surface area contributed by atoms with E-state index in [0.29, 0.717) is 0 Å². The van der Waals surface area contributed by atoms with Gasteiger partial charge in [0.1, 0.15) is 17.3 Å². The van der Waals surface area contributed by atoms with E-state index in [4.69, 9.17) is 4.74 Å². The van der Waals surface area contributed by atoms with Crippen molar-refractivity contribution in [1.29, 1.82) is 0 Å². The topological polar surface area (TPSA) is 51.5 Å². The van der Waals surface area contributed by atoms with Crippen LogP contribution in [0.2, 0.25) is 0 Å². The first-order valence-corrected chi connectivity index (χ1v) is 8.11. The molecule has 0 amide bonds. The second-order valence-electron chi connectivity index (χ2n) is 5.74. The summed E-state index contributed by atoms with van der Waals surface area (Å²) >= 11 is 0. The van der Waals surface area contributed by atoms with E-state index in [0.717, 1.165) is 39.8 Å². The number of ether oxygens (including phenoxy) is 1. The molecule has 2 aromatic heterocycles. The van der Waals surface area contributed by atoms with Crippen LogP contribution in [0, 0.1) is 6.92 Å². The molecular formula is C20H18N4O. The predicted octanol–water partition coefficient (Wildman–Crippen LogP) is 4.54. The maximum absolute atomic E-state index is 6.10. The zero-order valence-corrected chi connectivity index (χ0v) is 14.1. The SMILES string of the molecule is CNc1cc(-c2ccccc2Oc2ccccc2)cn2c(C)nnc12. The summed E-state index contributed by atoms with van der Waals surface area (Å²) in [4.78, 5) is 0. The van der Waals surface area contributed by atoms with Crippen molar-refractivity contribution in [2.75, 3.05) is 12.4 Å². The Hall–Kier alpha value is -3.34. The fourth-order valence-electron chi connectivity index (χ4n) is 2.84. The van der Waals surface area contributed by atoms with E-state index in [2.05, 4.69) is 27.6 Å². The normalized spacial score (nSPS) is 10.8. The maximum Gasteiger partial charge on any atom is 0.184 e. The van der Waals surface area contributed by atoms with Gasteiger partial charge in [0, 0.05) is 24.4 Å². The molecular weight excluding hydrogens is 312 g/mol. The lowest BCUT2D eigenvalue weighted by Crippen LogP contribution is -1.97. The van der Waals surface area contributed by atoms with Crippen LogP contribution >= 0.6 is 0 Å². The van der Waals surface area contributed by atoms with Crippen molar-refractivity contribution in [3.8, 4) is 22.6 Å². The van der Waals surface area contributed by atoms with Gasteiger partial charge in [-0.25, -0.2) is 0 Å². The summed E-state index contributed by atoms with van der Waals surface area (Å²) in [7, 11) is 1.88. The fraction of sp³-hybridized carbons (Fsp3) is 0.100. The molecule has 0 spiro atoms. The van der Waals surface area contributed by atoms with Crippen molar-refractivity contribution in [2.24, 2.45) is 0 Å².